The number of nitrogens with one attached hydrogen (secondary N) is 1. The van der Waals surface area contributed by atoms with Crippen molar-refractivity contribution in [3.05, 3.63) is 27.7 Å². The van der Waals surface area contributed by atoms with Crippen molar-refractivity contribution in [3.8, 4) is 5.75 Å². The number of pyridine rings is 1. The van der Waals surface area contributed by atoms with Gasteiger partial charge in [0.15, 0.2) is 11.3 Å². The number of hydrogen-bond acceptors (Lipinski definition) is 4. The fourth-order valence-electron chi connectivity index (χ4n) is 1.23. The summed E-state index contributed by atoms with van der Waals surface area (Å²) in [6.45, 7) is 0. The standard InChI is InChI=1S/C9H5F6NO4/c1-19-7(18)4-5(20-9(13,14)15)3(8(10,11)12)2-16-6(4)17/h2H,1H3,(H,16,17). The number of ether oxygens (including phenoxy) is 2. The van der Waals surface area contributed by atoms with Crippen molar-refractivity contribution in [1.82, 2.24) is 4.98 Å². The highest BCUT2D eigenvalue weighted by Gasteiger charge is 2.43. The summed E-state index contributed by atoms with van der Waals surface area (Å²) in [7, 11) is 0.680. The van der Waals surface area contributed by atoms with Crippen molar-refractivity contribution in [1.29, 1.82) is 0 Å². The molecule has 1 rings (SSSR count). The van der Waals surface area contributed by atoms with Crippen LogP contribution in [0.1, 0.15) is 15.9 Å². The molecule has 1 heterocycles. The molecule has 0 saturated carbocycles. The fraction of sp³-hybridized carbons (Fsp3) is 0.333. The lowest BCUT2D eigenvalue weighted by Gasteiger charge is -2.16. The van der Waals surface area contributed by atoms with Gasteiger partial charge in [-0.1, -0.05) is 0 Å². The smallest absolute Gasteiger partial charge is 0.465 e. The number of esters is 1. The maximum Gasteiger partial charge on any atom is 0.573 e. The summed E-state index contributed by atoms with van der Waals surface area (Å²) in [5, 5.41) is 0. The number of carbonyl (C=O) groups excluding carboxylic acids is 1. The summed E-state index contributed by atoms with van der Waals surface area (Å²) < 4.78 is 81.3. The zero-order chi connectivity index (χ0) is 15.7. The normalized spacial score (nSPS) is 12.2. The van der Waals surface area contributed by atoms with Gasteiger partial charge in [-0.15, -0.1) is 13.2 Å². The second kappa shape index (κ2) is 5.06. The maximum atomic E-state index is 12.6. The first kappa shape index (κ1) is 15.9. The van der Waals surface area contributed by atoms with E-state index in [0.29, 0.717) is 7.11 Å². The summed E-state index contributed by atoms with van der Waals surface area (Å²) in [6.07, 6.45) is -10.8. The molecule has 0 aromatic carbocycles. The third-order valence-corrected chi connectivity index (χ3v) is 1.96. The van der Waals surface area contributed by atoms with E-state index in [9.17, 15) is 35.9 Å². The second-order valence-corrected chi connectivity index (χ2v) is 3.27. The SMILES string of the molecule is COC(=O)c1c(OC(F)(F)F)c(C(F)(F)F)c[nH]c1=O. The van der Waals surface area contributed by atoms with Gasteiger partial charge in [-0.25, -0.2) is 4.79 Å². The zero-order valence-electron chi connectivity index (χ0n) is 9.48. The Morgan fingerprint density at radius 1 is 1.20 bits per heavy atom. The van der Waals surface area contributed by atoms with Gasteiger partial charge in [-0.3, -0.25) is 4.79 Å². The molecule has 1 aromatic heterocycles. The first-order valence-electron chi connectivity index (χ1n) is 4.64. The highest BCUT2D eigenvalue weighted by Crippen LogP contribution is 2.39. The highest BCUT2D eigenvalue weighted by atomic mass is 19.4. The summed E-state index contributed by atoms with van der Waals surface area (Å²) in [6, 6.07) is 0. The average molecular weight is 305 g/mol. The molecule has 0 saturated heterocycles. The summed E-state index contributed by atoms with van der Waals surface area (Å²) in [5.74, 6) is -3.66. The topological polar surface area (TPSA) is 68.4 Å². The van der Waals surface area contributed by atoms with Gasteiger partial charge in [0.25, 0.3) is 5.56 Å². The van der Waals surface area contributed by atoms with E-state index in [4.69, 9.17) is 0 Å². The molecule has 1 aromatic rings. The van der Waals surface area contributed by atoms with Crippen molar-refractivity contribution in [2.75, 3.05) is 7.11 Å². The van der Waals surface area contributed by atoms with Gasteiger partial charge in [-0.2, -0.15) is 13.2 Å². The van der Waals surface area contributed by atoms with Crippen LogP contribution in [0.2, 0.25) is 0 Å². The molecule has 0 aliphatic heterocycles. The van der Waals surface area contributed by atoms with Gasteiger partial charge < -0.3 is 14.5 Å². The maximum absolute atomic E-state index is 12.6. The second-order valence-electron chi connectivity index (χ2n) is 3.27. The van der Waals surface area contributed by atoms with Crippen LogP contribution in [0.4, 0.5) is 26.3 Å². The van der Waals surface area contributed by atoms with Crippen LogP contribution in [0.3, 0.4) is 0 Å². The molecule has 0 bridgehead atoms. The van der Waals surface area contributed by atoms with E-state index in [1.54, 1.807) is 0 Å². The van der Waals surface area contributed by atoms with E-state index >= 15 is 0 Å². The van der Waals surface area contributed by atoms with Gasteiger partial charge in [-0.05, 0) is 0 Å². The van der Waals surface area contributed by atoms with E-state index in [0.717, 1.165) is 0 Å². The number of methoxy groups -OCH3 is 1. The number of aromatic nitrogens is 1. The highest BCUT2D eigenvalue weighted by molar-refractivity contribution is 5.92. The molecule has 20 heavy (non-hydrogen) atoms. The van der Waals surface area contributed by atoms with E-state index in [1.165, 1.54) is 4.98 Å². The molecule has 0 radical (unpaired) electrons. The molecule has 0 unspecified atom stereocenters. The molecular weight excluding hydrogens is 300 g/mol. The molecule has 0 spiro atoms. The van der Waals surface area contributed by atoms with Gasteiger partial charge >= 0.3 is 18.5 Å². The third kappa shape index (κ3) is 3.42. The third-order valence-electron chi connectivity index (χ3n) is 1.96. The molecular formula is C9H5F6NO4. The van der Waals surface area contributed by atoms with Crippen LogP contribution in [0, 0.1) is 0 Å². The van der Waals surface area contributed by atoms with Crippen LogP contribution in [-0.4, -0.2) is 24.4 Å². The molecule has 0 fully saturated rings. The number of carbonyl (C=O) groups is 1. The van der Waals surface area contributed by atoms with Crippen molar-refractivity contribution in [2.45, 2.75) is 12.5 Å². The minimum absolute atomic E-state index is 0.0319. The van der Waals surface area contributed by atoms with Crippen LogP contribution >= 0.6 is 0 Å². The molecule has 112 valence electrons. The number of halogens is 6. The Hall–Kier alpha value is -2.20. The lowest BCUT2D eigenvalue weighted by atomic mass is 10.1. The molecule has 0 aliphatic rings. The first-order valence-corrected chi connectivity index (χ1v) is 4.64. The number of aromatic amines is 1. The van der Waals surface area contributed by atoms with Gasteiger partial charge in [0.2, 0.25) is 0 Å². The van der Waals surface area contributed by atoms with Crippen LogP contribution < -0.4 is 10.3 Å². The van der Waals surface area contributed by atoms with Gasteiger partial charge in [0.1, 0.15) is 5.56 Å². The van der Waals surface area contributed by atoms with Crippen molar-refractivity contribution in [2.24, 2.45) is 0 Å². The minimum atomic E-state index is -5.53. The predicted molar refractivity (Wildman–Crippen MR) is 50.1 cm³/mol. The lowest BCUT2D eigenvalue weighted by Crippen LogP contribution is -2.28. The minimum Gasteiger partial charge on any atom is -0.465 e. The molecule has 0 atom stereocenters. The Bertz CT molecular complexity index is 573. The van der Waals surface area contributed by atoms with E-state index in [-0.39, 0.29) is 6.20 Å². The zero-order valence-corrected chi connectivity index (χ0v) is 9.48. The Morgan fingerprint density at radius 3 is 2.15 bits per heavy atom. The van der Waals surface area contributed by atoms with Crippen LogP contribution in [0.15, 0.2) is 11.0 Å². The predicted octanol–water partition coefficient (Wildman–Crippen LogP) is 2.08. The van der Waals surface area contributed by atoms with Gasteiger partial charge in [0, 0.05) is 6.20 Å². The van der Waals surface area contributed by atoms with Crippen LogP contribution in [-0.2, 0) is 10.9 Å². The molecule has 1 N–H and O–H groups in total. The molecule has 0 aliphatic carbocycles. The molecule has 0 amide bonds. The largest absolute Gasteiger partial charge is 0.573 e. The average Bonchev–Trinajstić information content (AvgIpc) is 2.24. The number of alkyl halides is 6. The Balaban J connectivity index is 3.65. The Labute approximate surface area is 106 Å². The number of H-pyrrole nitrogens is 1. The van der Waals surface area contributed by atoms with Crippen LogP contribution in [0.5, 0.6) is 5.75 Å². The monoisotopic (exact) mass is 305 g/mol. The Morgan fingerprint density at radius 2 is 1.75 bits per heavy atom. The molecule has 11 heteroatoms. The van der Waals surface area contributed by atoms with Crippen molar-refractivity contribution >= 4 is 5.97 Å². The lowest BCUT2D eigenvalue weighted by molar-refractivity contribution is -0.276. The number of hydrogen-bond donors (Lipinski definition) is 1. The first-order chi connectivity index (χ1) is 8.97. The summed E-state index contributed by atoms with van der Waals surface area (Å²) >= 11 is 0. The Kier molecular flexibility index (Phi) is 4.01. The van der Waals surface area contributed by atoms with E-state index in [1.807, 2.05) is 0 Å². The summed E-state index contributed by atoms with van der Waals surface area (Å²) in [5.41, 5.74) is -5.00. The summed E-state index contributed by atoms with van der Waals surface area (Å²) in [4.78, 5) is 23.9. The van der Waals surface area contributed by atoms with Crippen LogP contribution in [0.25, 0.3) is 0 Å². The fourth-order valence-corrected chi connectivity index (χ4v) is 1.23. The van der Waals surface area contributed by atoms with E-state index in [2.05, 4.69) is 9.47 Å². The van der Waals surface area contributed by atoms with Crippen molar-refractivity contribution < 1.29 is 40.6 Å². The quantitative estimate of drug-likeness (QED) is 0.671. The van der Waals surface area contributed by atoms with Crippen molar-refractivity contribution in [3.63, 3.8) is 0 Å². The molecule has 5 nitrogen and oxygen atoms in total. The number of rotatable bonds is 2. The van der Waals surface area contributed by atoms with E-state index < -0.39 is 40.9 Å². The van der Waals surface area contributed by atoms with Gasteiger partial charge in [0.05, 0.1) is 7.11 Å².